The Kier molecular flexibility index (Phi) is 8.76. The molecule has 3 rings (SSSR count). The summed E-state index contributed by atoms with van der Waals surface area (Å²) in [6.07, 6.45) is 1.97. The van der Waals surface area contributed by atoms with Crippen LogP contribution in [0.5, 0.6) is 0 Å². The molecule has 1 aromatic carbocycles. The van der Waals surface area contributed by atoms with Crippen molar-refractivity contribution in [1.82, 2.24) is 15.6 Å². The molecule has 8 heteroatoms. The molecule has 1 saturated heterocycles. The molecule has 0 aliphatic carbocycles. The summed E-state index contributed by atoms with van der Waals surface area (Å²) in [7, 11) is 1.78. The molecule has 1 aliphatic heterocycles. The molecule has 0 bridgehead atoms. The Hall–Kier alpha value is -1.13. The normalized spacial score (nSPS) is 16.4. The van der Waals surface area contributed by atoms with Crippen LogP contribution >= 0.6 is 39.9 Å². The number of halogens is 2. The Morgan fingerprint density at radius 2 is 1.86 bits per heavy atom. The number of guanidine groups is 1. The third-order valence-corrected chi connectivity index (χ3v) is 5.73. The van der Waals surface area contributed by atoms with Crippen LogP contribution in [0.2, 0.25) is 0 Å². The molecule has 154 valence electrons. The largest absolute Gasteiger partial charge is 0.444 e. The second kappa shape index (κ2) is 10.6. The van der Waals surface area contributed by atoms with Gasteiger partial charge in [0.05, 0.1) is 12.2 Å². The first-order chi connectivity index (χ1) is 13.0. The molecule has 2 N–H and O–H groups in total. The smallest absolute Gasteiger partial charge is 0.214 e. The van der Waals surface area contributed by atoms with Gasteiger partial charge in [-0.15, -0.1) is 24.0 Å². The average Bonchev–Trinajstić information content (AvgIpc) is 3.01. The van der Waals surface area contributed by atoms with Gasteiger partial charge < -0.3 is 19.8 Å². The standard InChI is InChI=1S/C20H27BrN4O2.HI/c1-14-15(2)27-18(25-14)12-23-19(22-3)24-13-20(8-10-26-11-9-20)16-4-6-17(21)7-5-16;/h4-7H,8-13H2,1-3H3,(H2,22,23,24);1H. The van der Waals surface area contributed by atoms with Gasteiger partial charge in [-0.05, 0) is 44.4 Å². The van der Waals surface area contributed by atoms with Crippen LogP contribution in [0, 0.1) is 13.8 Å². The summed E-state index contributed by atoms with van der Waals surface area (Å²) in [6.45, 7) is 6.72. The Labute approximate surface area is 192 Å². The third kappa shape index (κ3) is 5.70. The van der Waals surface area contributed by atoms with Crippen molar-refractivity contribution in [2.24, 2.45) is 4.99 Å². The summed E-state index contributed by atoms with van der Waals surface area (Å²) >= 11 is 3.53. The first-order valence-electron chi connectivity index (χ1n) is 9.24. The van der Waals surface area contributed by atoms with E-state index in [1.165, 1.54) is 5.56 Å². The van der Waals surface area contributed by atoms with E-state index in [4.69, 9.17) is 9.15 Å². The van der Waals surface area contributed by atoms with Gasteiger partial charge in [0, 0.05) is 36.7 Å². The van der Waals surface area contributed by atoms with E-state index < -0.39 is 0 Å². The van der Waals surface area contributed by atoms with E-state index in [2.05, 4.69) is 60.8 Å². The van der Waals surface area contributed by atoms with E-state index in [1.54, 1.807) is 7.05 Å². The molecular weight excluding hydrogens is 535 g/mol. The van der Waals surface area contributed by atoms with Gasteiger partial charge in [-0.1, -0.05) is 28.1 Å². The Balaban J connectivity index is 0.00000280. The first-order valence-corrected chi connectivity index (χ1v) is 10.0. The van der Waals surface area contributed by atoms with Gasteiger partial charge in [-0.3, -0.25) is 4.99 Å². The van der Waals surface area contributed by atoms with Crippen molar-refractivity contribution in [2.75, 3.05) is 26.8 Å². The molecule has 0 amide bonds. The number of rotatable bonds is 5. The Morgan fingerprint density at radius 3 is 2.43 bits per heavy atom. The van der Waals surface area contributed by atoms with Crippen LogP contribution in [0.1, 0.15) is 35.7 Å². The molecule has 6 nitrogen and oxygen atoms in total. The Bertz CT molecular complexity index is 767. The fourth-order valence-corrected chi connectivity index (χ4v) is 3.65. The van der Waals surface area contributed by atoms with Crippen molar-refractivity contribution >= 4 is 45.9 Å². The number of aliphatic imine (C=N–C) groups is 1. The zero-order valence-electron chi connectivity index (χ0n) is 16.5. The number of nitrogens with one attached hydrogen (secondary N) is 2. The molecule has 0 radical (unpaired) electrons. The van der Waals surface area contributed by atoms with Crippen molar-refractivity contribution in [3.8, 4) is 0 Å². The maximum atomic E-state index is 5.63. The number of hydrogen-bond acceptors (Lipinski definition) is 4. The average molecular weight is 563 g/mol. The van der Waals surface area contributed by atoms with Crippen LogP contribution in [-0.2, 0) is 16.7 Å². The van der Waals surface area contributed by atoms with Crippen molar-refractivity contribution in [3.05, 3.63) is 51.6 Å². The zero-order valence-corrected chi connectivity index (χ0v) is 20.5. The SMILES string of the molecule is CN=C(NCc1nc(C)c(C)o1)NCC1(c2ccc(Br)cc2)CCOCC1.I. The molecule has 0 atom stereocenters. The highest BCUT2D eigenvalue weighted by molar-refractivity contribution is 14.0. The van der Waals surface area contributed by atoms with Crippen LogP contribution < -0.4 is 10.6 Å². The maximum Gasteiger partial charge on any atom is 0.214 e. The van der Waals surface area contributed by atoms with Crippen LogP contribution in [0.25, 0.3) is 0 Å². The van der Waals surface area contributed by atoms with E-state index >= 15 is 0 Å². The fraction of sp³-hybridized carbons (Fsp3) is 0.500. The van der Waals surface area contributed by atoms with Gasteiger partial charge in [0.1, 0.15) is 5.76 Å². The predicted molar refractivity (Wildman–Crippen MR) is 125 cm³/mol. The summed E-state index contributed by atoms with van der Waals surface area (Å²) in [6, 6.07) is 8.61. The van der Waals surface area contributed by atoms with E-state index in [1.807, 2.05) is 13.8 Å². The topological polar surface area (TPSA) is 71.7 Å². The molecule has 1 aliphatic rings. The zero-order chi connectivity index (χ0) is 19.3. The van der Waals surface area contributed by atoms with E-state index in [9.17, 15) is 0 Å². The van der Waals surface area contributed by atoms with Gasteiger partial charge in [-0.2, -0.15) is 0 Å². The minimum Gasteiger partial charge on any atom is -0.444 e. The lowest BCUT2D eigenvalue weighted by Crippen LogP contribution is -2.47. The second-order valence-corrected chi connectivity index (χ2v) is 7.84. The van der Waals surface area contributed by atoms with Gasteiger partial charge >= 0.3 is 0 Å². The number of benzene rings is 1. The minimum absolute atomic E-state index is 0. The third-order valence-electron chi connectivity index (χ3n) is 5.20. The van der Waals surface area contributed by atoms with E-state index in [0.29, 0.717) is 12.4 Å². The van der Waals surface area contributed by atoms with Gasteiger partial charge in [0.2, 0.25) is 5.89 Å². The lowest BCUT2D eigenvalue weighted by molar-refractivity contribution is 0.0514. The van der Waals surface area contributed by atoms with E-state index in [0.717, 1.165) is 54.5 Å². The number of oxazole rings is 1. The predicted octanol–water partition coefficient (Wildman–Crippen LogP) is 4.09. The molecule has 2 heterocycles. The molecule has 28 heavy (non-hydrogen) atoms. The molecule has 0 unspecified atom stereocenters. The van der Waals surface area contributed by atoms with Crippen molar-refractivity contribution in [2.45, 2.75) is 38.6 Å². The second-order valence-electron chi connectivity index (χ2n) is 6.93. The highest BCUT2D eigenvalue weighted by atomic mass is 127. The lowest BCUT2D eigenvalue weighted by Gasteiger charge is -2.38. The fourth-order valence-electron chi connectivity index (χ4n) is 3.38. The van der Waals surface area contributed by atoms with Crippen LogP contribution in [0.15, 0.2) is 38.1 Å². The summed E-state index contributed by atoms with van der Waals surface area (Å²) in [5, 5.41) is 6.77. The van der Waals surface area contributed by atoms with Gasteiger partial charge in [0.15, 0.2) is 5.96 Å². The number of hydrogen-bond donors (Lipinski definition) is 2. The molecular formula is C20H28BrIN4O2. The number of nitrogens with zero attached hydrogens (tertiary/aromatic N) is 2. The molecule has 1 fully saturated rings. The van der Waals surface area contributed by atoms with E-state index in [-0.39, 0.29) is 29.4 Å². The highest BCUT2D eigenvalue weighted by Crippen LogP contribution is 2.34. The summed E-state index contributed by atoms with van der Waals surface area (Å²) in [4.78, 5) is 8.74. The van der Waals surface area contributed by atoms with Crippen molar-refractivity contribution in [3.63, 3.8) is 0 Å². The van der Waals surface area contributed by atoms with Crippen LogP contribution in [0.3, 0.4) is 0 Å². The first kappa shape index (κ1) is 23.2. The van der Waals surface area contributed by atoms with Crippen LogP contribution in [0.4, 0.5) is 0 Å². The lowest BCUT2D eigenvalue weighted by atomic mass is 9.74. The van der Waals surface area contributed by atoms with Crippen molar-refractivity contribution in [1.29, 1.82) is 0 Å². The van der Waals surface area contributed by atoms with Gasteiger partial charge in [0.25, 0.3) is 0 Å². The quantitative estimate of drug-likeness (QED) is 0.326. The summed E-state index contributed by atoms with van der Waals surface area (Å²) in [5.74, 6) is 2.26. The molecule has 0 spiro atoms. The monoisotopic (exact) mass is 562 g/mol. The highest BCUT2D eigenvalue weighted by Gasteiger charge is 2.34. The maximum absolute atomic E-state index is 5.63. The number of ether oxygens (including phenoxy) is 1. The number of aromatic nitrogens is 1. The molecule has 0 saturated carbocycles. The summed E-state index contributed by atoms with van der Waals surface area (Å²) < 4.78 is 12.3. The summed E-state index contributed by atoms with van der Waals surface area (Å²) in [5.41, 5.74) is 2.29. The Morgan fingerprint density at radius 1 is 1.18 bits per heavy atom. The molecule has 2 aromatic rings. The number of aryl methyl sites for hydroxylation is 2. The van der Waals surface area contributed by atoms with Crippen LogP contribution in [-0.4, -0.2) is 37.7 Å². The van der Waals surface area contributed by atoms with Crippen molar-refractivity contribution < 1.29 is 9.15 Å². The minimum atomic E-state index is 0. The van der Waals surface area contributed by atoms with Gasteiger partial charge in [-0.25, -0.2) is 4.98 Å². The molecule has 1 aromatic heterocycles.